The molecule has 3 aromatic rings. The van der Waals surface area contributed by atoms with Gasteiger partial charge in [0.25, 0.3) is 5.91 Å². The number of carbonyl (C=O) groups is 3. The number of aromatic nitrogens is 2. The number of ether oxygens (including phenoxy) is 2. The van der Waals surface area contributed by atoms with Crippen LogP contribution in [0.2, 0.25) is 0 Å². The molecule has 1 aliphatic rings. The number of nitrogens with zero attached hydrogens (tertiary/aromatic N) is 3. The van der Waals surface area contributed by atoms with Gasteiger partial charge in [0, 0.05) is 24.0 Å². The van der Waals surface area contributed by atoms with E-state index >= 15 is 0 Å². The zero-order valence-electron chi connectivity index (χ0n) is 17.9. The molecule has 172 valence electrons. The lowest BCUT2D eigenvalue weighted by Gasteiger charge is -2.15. The third-order valence-corrected chi connectivity index (χ3v) is 5.83. The molecule has 0 spiro atoms. The monoisotopic (exact) mass is 470 g/mol. The van der Waals surface area contributed by atoms with Crippen molar-refractivity contribution in [2.75, 3.05) is 36.5 Å². The van der Waals surface area contributed by atoms with Crippen molar-refractivity contribution < 1.29 is 28.3 Å². The van der Waals surface area contributed by atoms with Crippen LogP contribution in [0.3, 0.4) is 0 Å². The van der Waals surface area contributed by atoms with E-state index in [0.29, 0.717) is 17.1 Å². The number of thiophene rings is 1. The Bertz CT molecular complexity index is 1120. The first-order valence-electron chi connectivity index (χ1n) is 10.4. The van der Waals surface area contributed by atoms with Crippen LogP contribution in [0.25, 0.3) is 11.3 Å². The number of nitrogens with one attached hydrogen (secondary N) is 1. The highest BCUT2D eigenvalue weighted by Crippen LogP contribution is 2.36. The van der Waals surface area contributed by atoms with Crippen molar-refractivity contribution in [1.82, 2.24) is 10.2 Å². The molecule has 1 aliphatic heterocycles. The van der Waals surface area contributed by atoms with Crippen LogP contribution in [-0.4, -0.2) is 54.3 Å². The first-order valence-corrected chi connectivity index (χ1v) is 11.3. The van der Waals surface area contributed by atoms with Crippen LogP contribution < -0.4 is 10.2 Å². The molecule has 0 saturated carbocycles. The van der Waals surface area contributed by atoms with Crippen molar-refractivity contribution in [3.05, 3.63) is 47.2 Å². The van der Waals surface area contributed by atoms with E-state index in [1.807, 2.05) is 0 Å². The van der Waals surface area contributed by atoms with Crippen molar-refractivity contribution >= 4 is 40.0 Å². The Morgan fingerprint density at radius 2 is 1.94 bits per heavy atom. The fraction of sp³-hybridized carbons (Fsp3) is 0.318. The molecule has 4 heterocycles. The van der Waals surface area contributed by atoms with Gasteiger partial charge in [0.05, 0.1) is 12.9 Å². The molecule has 11 heteroatoms. The normalized spacial score (nSPS) is 13.1. The zero-order valence-corrected chi connectivity index (χ0v) is 18.7. The fourth-order valence-electron chi connectivity index (χ4n) is 3.39. The zero-order chi connectivity index (χ0) is 23.2. The summed E-state index contributed by atoms with van der Waals surface area (Å²) in [4.78, 5) is 39.2. The van der Waals surface area contributed by atoms with Crippen molar-refractivity contribution in [2.45, 2.75) is 19.8 Å². The molecule has 1 amide bonds. The predicted octanol–water partition coefficient (Wildman–Crippen LogP) is 3.37. The van der Waals surface area contributed by atoms with E-state index in [0.717, 1.165) is 37.3 Å². The number of furan rings is 1. The number of hydrogen-bond acceptors (Lipinski definition) is 10. The van der Waals surface area contributed by atoms with Gasteiger partial charge in [0.2, 0.25) is 0 Å². The average molecular weight is 471 g/mol. The molecule has 0 bridgehead atoms. The minimum Gasteiger partial charge on any atom is -0.464 e. The second-order valence-corrected chi connectivity index (χ2v) is 8.03. The molecule has 0 unspecified atom stereocenters. The molecule has 0 aromatic carbocycles. The van der Waals surface area contributed by atoms with Crippen LogP contribution in [0.15, 0.2) is 40.3 Å². The second kappa shape index (κ2) is 10.3. The Morgan fingerprint density at radius 3 is 2.61 bits per heavy atom. The Kier molecular flexibility index (Phi) is 6.98. The second-order valence-electron chi connectivity index (χ2n) is 7.15. The van der Waals surface area contributed by atoms with E-state index < -0.39 is 24.5 Å². The van der Waals surface area contributed by atoms with E-state index in [-0.39, 0.29) is 22.9 Å². The summed E-state index contributed by atoms with van der Waals surface area (Å²) in [5, 5.41) is 12.5. The van der Waals surface area contributed by atoms with Gasteiger partial charge in [-0.15, -0.1) is 21.5 Å². The molecule has 4 rings (SSSR count). The molecule has 3 aromatic heterocycles. The third-order valence-electron chi connectivity index (χ3n) is 4.93. The van der Waals surface area contributed by atoms with E-state index in [4.69, 9.17) is 13.9 Å². The number of anilines is 2. The van der Waals surface area contributed by atoms with Crippen LogP contribution >= 0.6 is 11.3 Å². The van der Waals surface area contributed by atoms with E-state index in [1.54, 1.807) is 30.5 Å². The van der Waals surface area contributed by atoms with Crippen molar-refractivity contribution in [1.29, 1.82) is 0 Å². The largest absolute Gasteiger partial charge is 0.464 e. The summed E-state index contributed by atoms with van der Waals surface area (Å²) >= 11 is 1.14. The third kappa shape index (κ3) is 5.20. The maximum atomic E-state index is 12.5. The summed E-state index contributed by atoms with van der Waals surface area (Å²) in [5.74, 6) is -0.789. The smallest absolute Gasteiger partial charge is 0.359 e. The van der Waals surface area contributed by atoms with Crippen LogP contribution in [0, 0.1) is 0 Å². The summed E-state index contributed by atoms with van der Waals surface area (Å²) in [5.41, 5.74) is 0.693. The molecular formula is C22H22N4O6S. The van der Waals surface area contributed by atoms with Crippen LogP contribution in [0.5, 0.6) is 0 Å². The highest BCUT2D eigenvalue weighted by molar-refractivity contribution is 7.15. The number of hydrogen-bond donors (Lipinski definition) is 1. The van der Waals surface area contributed by atoms with Gasteiger partial charge in [0.15, 0.2) is 18.1 Å². The molecule has 1 saturated heterocycles. The first-order chi connectivity index (χ1) is 16.1. The lowest BCUT2D eigenvalue weighted by atomic mass is 10.1. The standard InChI is InChI=1S/C22H22N4O6S/c1-2-30-22(29)19-14(16-6-5-11-31-16)13-33-20(19)23-18(27)12-32-21(28)15-7-8-17(25-24-15)26-9-3-4-10-26/h5-8,11,13H,2-4,9-10,12H2,1H3,(H,23,27). The molecule has 0 atom stereocenters. The predicted molar refractivity (Wildman–Crippen MR) is 120 cm³/mol. The molecule has 10 nitrogen and oxygen atoms in total. The van der Waals surface area contributed by atoms with Crippen LogP contribution in [-0.2, 0) is 14.3 Å². The van der Waals surface area contributed by atoms with Crippen molar-refractivity contribution in [2.24, 2.45) is 0 Å². The van der Waals surface area contributed by atoms with E-state index in [9.17, 15) is 14.4 Å². The van der Waals surface area contributed by atoms with Gasteiger partial charge < -0.3 is 24.1 Å². The molecular weight excluding hydrogens is 448 g/mol. The minimum absolute atomic E-state index is 0.00851. The topological polar surface area (TPSA) is 124 Å². The van der Waals surface area contributed by atoms with E-state index in [2.05, 4.69) is 20.4 Å². The van der Waals surface area contributed by atoms with Gasteiger partial charge in [-0.2, -0.15) is 0 Å². The SMILES string of the molecule is CCOC(=O)c1c(-c2ccco2)csc1NC(=O)COC(=O)c1ccc(N2CCCC2)nn1. The van der Waals surface area contributed by atoms with Crippen LogP contribution in [0.4, 0.5) is 10.8 Å². The lowest BCUT2D eigenvalue weighted by Crippen LogP contribution is -2.23. The summed E-state index contributed by atoms with van der Waals surface area (Å²) in [6.45, 7) is 3.14. The summed E-state index contributed by atoms with van der Waals surface area (Å²) in [7, 11) is 0. The van der Waals surface area contributed by atoms with Gasteiger partial charge in [-0.05, 0) is 44.0 Å². The molecule has 1 fully saturated rings. The van der Waals surface area contributed by atoms with Gasteiger partial charge in [-0.3, -0.25) is 4.79 Å². The maximum absolute atomic E-state index is 12.5. The molecule has 0 radical (unpaired) electrons. The minimum atomic E-state index is -0.765. The Morgan fingerprint density at radius 1 is 1.12 bits per heavy atom. The average Bonchev–Trinajstić information content (AvgIpc) is 3.59. The molecule has 0 aliphatic carbocycles. The van der Waals surface area contributed by atoms with Gasteiger partial charge in [-0.1, -0.05) is 0 Å². The first kappa shape index (κ1) is 22.5. The van der Waals surface area contributed by atoms with Gasteiger partial charge in [-0.25, -0.2) is 9.59 Å². The molecule has 33 heavy (non-hydrogen) atoms. The summed E-state index contributed by atoms with van der Waals surface area (Å²) in [6, 6.07) is 6.63. The number of esters is 2. The fourth-order valence-corrected chi connectivity index (χ4v) is 4.34. The Hall–Kier alpha value is -3.73. The Labute approximate surface area is 193 Å². The number of carbonyl (C=O) groups excluding carboxylic acids is 3. The van der Waals surface area contributed by atoms with Gasteiger partial charge in [0.1, 0.15) is 16.3 Å². The molecule has 1 N–H and O–H groups in total. The van der Waals surface area contributed by atoms with Crippen molar-refractivity contribution in [3.8, 4) is 11.3 Å². The maximum Gasteiger partial charge on any atom is 0.359 e. The quantitative estimate of drug-likeness (QED) is 0.493. The van der Waals surface area contributed by atoms with Crippen LogP contribution in [0.1, 0.15) is 40.6 Å². The highest BCUT2D eigenvalue weighted by Gasteiger charge is 2.24. The summed E-state index contributed by atoms with van der Waals surface area (Å²) in [6.07, 6.45) is 3.69. The van der Waals surface area contributed by atoms with E-state index in [1.165, 1.54) is 12.3 Å². The highest BCUT2D eigenvalue weighted by atomic mass is 32.1. The Balaban J connectivity index is 1.38. The lowest BCUT2D eigenvalue weighted by molar-refractivity contribution is -0.119. The van der Waals surface area contributed by atoms with Crippen molar-refractivity contribution in [3.63, 3.8) is 0 Å². The number of rotatable bonds is 8. The van der Waals surface area contributed by atoms with Gasteiger partial charge >= 0.3 is 11.9 Å². The summed E-state index contributed by atoms with van der Waals surface area (Å²) < 4.78 is 15.6. The number of amides is 1.